The number of benzene rings is 1. The van der Waals surface area contributed by atoms with Crippen LogP contribution in [0.25, 0.3) is 0 Å². The average Bonchev–Trinajstić information content (AvgIpc) is 2.40. The van der Waals surface area contributed by atoms with E-state index in [0.29, 0.717) is 40.9 Å². The van der Waals surface area contributed by atoms with E-state index in [1.165, 1.54) is 6.07 Å². The quantitative estimate of drug-likeness (QED) is 0.740. The van der Waals surface area contributed by atoms with Crippen molar-refractivity contribution in [3.8, 4) is 0 Å². The lowest BCUT2D eigenvalue weighted by Crippen LogP contribution is -2.39. The third-order valence-corrected chi connectivity index (χ3v) is 4.00. The van der Waals surface area contributed by atoms with Crippen LogP contribution in [0.2, 0.25) is 10.0 Å². The summed E-state index contributed by atoms with van der Waals surface area (Å²) in [6, 6.07) is 3.08. The molecule has 1 unspecified atom stereocenters. The number of aliphatic hydroxyl groups is 1. The van der Waals surface area contributed by atoms with E-state index >= 15 is 0 Å². The molecule has 0 aliphatic carbocycles. The lowest BCUT2D eigenvalue weighted by Gasteiger charge is -2.29. The second-order valence-electron chi connectivity index (χ2n) is 5.25. The van der Waals surface area contributed by atoms with Crippen LogP contribution in [0.15, 0.2) is 12.1 Å². The first-order chi connectivity index (χ1) is 9.95. The summed E-state index contributed by atoms with van der Waals surface area (Å²) in [5.41, 5.74) is 6.54. The summed E-state index contributed by atoms with van der Waals surface area (Å²) in [5, 5.41) is 13.1. The number of carbonyl (C=O) groups excluding carboxylic acids is 1. The Morgan fingerprint density at radius 3 is 2.90 bits per heavy atom. The van der Waals surface area contributed by atoms with E-state index in [1.807, 2.05) is 0 Å². The van der Waals surface area contributed by atoms with Gasteiger partial charge in [-0.15, -0.1) is 0 Å². The third kappa shape index (κ3) is 4.74. The summed E-state index contributed by atoms with van der Waals surface area (Å²) in [7, 11) is 0. The number of anilines is 2. The normalized spacial score (nSPS) is 19.5. The molecular formula is C14H19Cl2N3O2. The second-order valence-corrected chi connectivity index (χ2v) is 6.09. The summed E-state index contributed by atoms with van der Waals surface area (Å²) >= 11 is 11.9. The Labute approximate surface area is 134 Å². The van der Waals surface area contributed by atoms with Gasteiger partial charge in [0.05, 0.1) is 22.5 Å². The van der Waals surface area contributed by atoms with Crippen molar-refractivity contribution in [1.82, 2.24) is 4.90 Å². The lowest BCUT2D eigenvalue weighted by atomic mass is 10.1. The average molecular weight is 332 g/mol. The van der Waals surface area contributed by atoms with Gasteiger partial charge in [-0.25, -0.2) is 0 Å². The number of piperidine rings is 1. The molecule has 4 N–H and O–H groups in total. The van der Waals surface area contributed by atoms with Gasteiger partial charge in [0.15, 0.2) is 0 Å². The van der Waals surface area contributed by atoms with Crippen LogP contribution < -0.4 is 11.1 Å². The maximum atomic E-state index is 12.0. The Hall–Kier alpha value is -1.01. The van der Waals surface area contributed by atoms with Crippen LogP contribution >= 0.6 is 23.2 Å². The number of carbonyl (C=O) groups is 1. The molecule has 0 saturated carbocycles. The van der Waals surface area contributed by atoms with E-state index in [4.69, 9.17) is 28.9 Å². The fraction of sp³-hybridized carbons (Fsp3) is 0.500. The number of rotatable bonds is 4. The van der Waals surface area contributed by atoms with Crippen molar-refractivity contribution in [2.45, 2.75) is 25.4 Å². The molecule has 1 aliphatic rings. The summed E-state index contributed by atoms with van der Waals surface area (Å²) < 4.78 is 0. The molecule has 116 valence electrons. The molecule has 1 aromatic rings. The standard InChI is InChI=1S/C14H19Cl2N3O2/c15-9-6-11(16)14(12(17)7-9)18-13(21)3-5-19-4-1-2-10(20)8-19/h6-7,10,20H,1-5,8,17H2,(H,18,21). The molecule has 21 heavy (non-hydrogen) atoms. The van der Waals surface area contributed by atoms with Crippen LogP contribution in [0, 0.1) is 0 Å². The number of hydrogen-bond donors (Lipinski definition) is 3. The Morgan fingerprint density at radius 1 is 1.48 bits per heavy atom. The molecule has 1 amide bonds. The molecule has 5 nitrogen and oxygen atoms in total. The molecule has 1 heterocycles. The van der Waals surface area contributed by atoms with E-state index in [2.05, 4.69) is 10.2 Å². The van der Waals surface area contributed by atoms with E-state index in [9.17, 15) is 9.90 Å². The van der Waals surface area contributed by atoms with Gasteiger partial charge in [0, 0.05) is 24.5 Å². The van der Waals surface area contributed by atoms with Crippen LogP contribution in [0.3, 0.4) is 0 Å². The largest absolute Gasteiger partial charge is 0.397 e. The molecule has 1 aromatic carbocycles. The van der Waals surface area contributed by atoms with E-state index < -0.39 is 0 Å². The highest BCUT2D eigenvalue weighted by Gasteiger charge is 2.18. The number of nitrogen functional groups attached to an aromatic ring is 1. The molecule has 1 saturated heterocycles. The topological polar surface area (TPSA) is 78.6 Å². The van der Waals surface area contributed by atoms with Crippen LogP contribution in [0.4, 0.5) is 11.4 Å². The van der Waals surface area contributed by atoms with Crippen LogP contribution in [0.5, 0.6) is 0 Å². The van der Waals surface area contributed by atoms with Crippen LogP contribution in [-0.2, 0) is 4.79 Å². The Bertz CT molecular complexity index is 502. The molecule has 0 radical (unpaired) electrons. The van der Waals surface area contributed by atoms with Gasteiger partial charge in [-0.3, -0.25) is 4.79 Å². The highest BCUT2D eigenvalue weighted by Crippen LogP contribution is 2.32. The predicted octanol–water partition coefficient (Wildman–Crippen LogP) is 2.36. The minimum atomic E-state index is -0.289. The molecule has 2 rings (SSSR count). The fourth-order valence-electron chi connectivity index (χ4n) is 2.42. The second kappa shape index (κ2) is 7.31. The molecule has 1 aliphatic heterocycles. The highest BCUT2D eigenvalue weighted by molar-refractivity contribution is 6.37. The summed E-state index contributed by atoms with van der Waals surface area (Å²) in [5.74, 6) is -0.161. The van der Waals surface area contributed by atoms with E-state index in [0.717, 1.165) is 19.4 Å². The molecule has 1 fully saturated rings. The van der Waals surface area contributed by atoms with E-state index in [-0.39, 0.29) is 12.0 Å². The van der Waals surface area contributed by atoms with Crippen molar-refractivity contribution in [1.29, 1.82) is 0 Å². The van der Waals surface area contributed by atoms with Gasteiger partial charge in [-0.1, -0.05) is 23.2 Å². The number of nitrogens with zero attached hydrogens (tertiary/aromatic N) is 1. The first-order valence-electron chi connectivity index (χ1n) is 6.90. The van der Waals surface area contributed by atoms with Crippen molar-refractivity contribution in [3.05, 3.63) is 22.2 Å². The van der Waals surface area contributed by atoms with Crippen molar-refractivity contribution < 1.29 is 9.90 Å². The third-order valence-electron chi connectivity index (χ3n) is 3.49. The molecular weight excluding hydrogens is 313 g/mol. The highest BCUT2D eigenvalue weighted by atomic mass is 35.5. The van der Waals surface area contributed by atoms with Gasteiger partial charge in [0.25, 0.3) is 0 Å². The first kappa shape index (κ1) is 16.4. The lowest BCUT2D eigenvalue weighted by molar-refractivity contribution is -0.116. The smallest absolute Gasteiger partial charge is 0.225 e. The summed E-state index contributed by atoms with van der Waals surface area (Å²) in [6.45, 7) is 2.14. The number of nitrogens with one attached hydrogen (secondary N) is 1. The molecule has 0 spiro atoms. The number of β-amino-alcohol motifs (C(OH)–C–C–N with tert-alkyl or cyclic N) is 1. The number of hydrogen-bond acceptors (Lipinski definition) is 4. The number of nitrogens with two attached hydrogens (primary N) is 1. The van der Waals surface area contributed by atoms with Gasteiger partial charge in [-0.2, -0.15) is 0 Å². The van der Waals surface area contributed by atoms with Gasteiger partial charge in [-0.05, 0) is 31.5 Å². The zero-order valence-electron chi connectivity index (χ0n) is 11.6. The van der Waals surface area contributed by atoms with Gasteiger partial charge < -0.3 is 21.1 Å². The van der Waals surface area contributed by atoms with Gasteiger partial charge >= 0.3 is 0 Å². The maximum absolute atomic E-state index is 12.0. The van der Waals surface area contributed by atoms with Gasteiger partial charge in [0.1, 0.15) is 0 Å². The first-order valence-corrected chi connectivity index (χ1v) is 7.66. The number of amides is 1. The molecule has 1 atom stereocenters. The van der Waals surface area contributed by atoms with Crippen molar-refractivity contribution in [2.75, 3.05) is 30.7 Å². The molecule has 7 heteroatoms. The zero-order chi connectivity index (χ0) is 15.4. The monoisotopic (exact) mass is 331 g/mol. The minimum absolute atomic E-state index is 0.161. The van der Waals surface area contributed by atoms with Crippen LogP contribution in [0.1, 0.15) is 19.3 Å². The van der Waals surface area contributed by atoms with Gasteiger partial charge in [0.2, 0.25) is 5.91 Å². The van der Waals surface area contributed by atoms with E-state index in [1.54, 1.807) is 6.07 Å². The number of halogens is 2. The maximum Gasteiger partial charge on any atom is 0.225 e. The van der Waals surface area contributed by atoms with Crippen molar-refractivity contribution in [2.24, 2.45) is 0 Å². The SMILES string of the molecule is Nc1cc(Cl)cc(Cl)c1NC(=O)CCN1CCCC(O)C1. The molecule has 0 bridgehead atoms. The fourth-order valence-corrected chi connectivity index (χ4v) is 2.98. The Morgan fingerprint density at radius 2 is 2.24 bits per heavy atom. The minimum Gasteiger partial charge on any atom is -0.397 e. The summed E-state index contributed by atoms with van der Waals surface area (Å²) in [4.78, 5) is 14.1. The number of likely N-dealkylation sites (tertiary alicyclic amines) is 1. The predicted molar refractivity (Wildman–Crippen MR) is 85.8 cm³/mol. The summed E-state index contributed by atoms with van der Waals surface area (Å²) in [6.07, 6.45) is 1.83. The zero-order valence-corrected chi connectivity index (χ0v) is 13.1. The Balaban J connectivity index is 1.87. The Kier molecular flexibility index (Phi) is 5.70. The van der Waals surface area contributed by atoms with Crippen molar-refractivity contribution >= 4 is 40.5 Å². The molecule has 0 aromatic heterocycles. The van der Waals surface area contributed by atoms with Crippen LogP contribution in [-0.4, -0.2) is 41.7 Å². The number of aliphatic hydroxyl groups excluding tert-OH is 1. The van der Waals surface area contributed by atoms with Crippen molar-refractivity contribution in [3.63, 3.8) is 0 Å².